The number of nitrogens with one attached hydrogen (secondary N) is 1. The lowest BCUT2D eigenvalue weighted by molar-refractivity contribution is 0.102. The van der Waals surface area contributed by atoms with Crippen LogP contribution in [0.2, 0.25) is 0 Å². The van der Waals surface area contributed by atoms with Gasteiger partial charge in [0.15, 0.2) is 0 Å². The molecule has 0 bridgehead atoms. The minimum absolute atomic E-state index is 0.193. The quantitative estimate of drug-likeness (QED) is 0.860. The van der Waals surface area contributed by atoms with Gasteiger partial charge in [-0.3, -0.25) is 4.79 Å². The van der Waals surface area contributed by atoms with Gasteiger partial charge in [-0.1, -0.05) is 0 Å². The summed E-state index contributed by atoms with van der Waals surface area (Å²) in [4.78, 5) is 25.5. The van der Waals surface area contributed by atoms with E-state index in [9.17, 15) is 4.79 Å². The van der Waals surface area contributed by atoms with Crippen molar-refractivity contribution in [2.24, 2.45) is 0 Å². The maximum Gasteiger partial charge on any atom is 0.258 e. The second-order valence-electron chi connectivity index (χ2n) is 6.49. The molecule has 1 amide bonds. The van der Waals surface area contributed by atoms with Crippen LogP contribution in [0.4, 0.5) is 17.3 Å². The molecule has 1 aliphatic heterocycles. The smallest absolute Gasteiger partial charge is 0.258 e. The topological polar surface area (TPSA) is 61.4 Å². The molecule has 138 valence electrons. The Morgan fingerprint density at radius 2 is 1.65 bits per heavy atom. The Balaban J connectivity index is 1.62. The number of piperidine rings is 1. The zero-order valence-corrected chi connectivity index (χ0v) is 15.6. The second-order valence-corrected chi connectivity index (χ2v) is 6.49. The van der Waals surface area contributed by atoms with E-state index in [0.717, 1.165) is 31.9 Å². The number of nitrogens with zero attached hydrogens (tertiary/aromatic N) is 4. The molecule has 0 aliphatic carbocycles. The standard InChI is InChI=1S/C20H27N5O/c1-3-24(4-2)20-21-14-16(15-22-20)19(26)23-17-8-10-18(11-9-17)25-12-6-5-7-13-25/h8-11,14-15H,3-7,12-13H2,1-2H3,(H,23,26). The van der Waals surface area contributed by atoms with Crippen LogP contribution in [-0.4, -0.2) is 42.1 Å². The van der Waals surface area contributed by atoms with E-state index >= 15 is 0 Å². The summed E-state index contributed by atoms with van der Waals surface area (Å²) in [6.45, 7) is 8.02. The van der Waals surface area contributed by atoms with Crippen LogP contribution in [0.3, 0.4) is 0 Å². The third-order valence-corrected chi connectivity index (χ3v) is 4.79. The van der Waals surface area contributed by atoms with Gasteiger partial charge in [-0.05, 0) is 57.4 Å². The molecule has 1 N–H and O–H groups in total. The zero-order chi connectivity index (χ0) is 18.4. The predicted molar refractivity (Wildman–Crippen MR) is 106 cm³/mol. The van der Waals surface area contributed by atoms with Gasteiger partial charge in [0.1, 0.15) is 0 Å². The van der Waals surface area contributed by atoms with Crippen LogP contribution in [0.1, 0.15) is 43.5 Å². The van der Waals surface area contributed by atoms with E-state index in [2.05, 4.69) is 46.2 Å². The Morgan fingerprint density at radius 1 is 1.04 bits per heavy atom. The number of carbonyl (C=O) groups is 1. The number of rotatable bonds is 6. The fourth-order valence-electron chi connectivity index (χ4n) is 3.22. The largest absolute Gasteiger partial charge is 0.372 e. The summed E-state index contributed by atoms with van der Waals surface area (Å²) in [6, 6.07) is 8.04. The predicted octanol–water partition coefficient (Wildman–Crippen LogP) is 3.57. The highest BCUT2D eigenvalue weighted by atomic mass is 16.1. The molecule has 3 rings (SSSR count). The molecule has 1 saturated heterocycles. The normalized spacial score (nSPS) is 14.2. The van der Waals surface area contributed by atoms with Crippen molar-refractivity contribution in [2.45, 2.75) is 33.1 Å². The van der Waals surface area contributed by atoms with Gasteiger partial charge in [0.2, 0.25) is 5.95 Å². The summed E-state index contributed by atoms with van der Waals surface area (Å²) >= 11 is 0. The van der Waals surface area contributed by atoms with Crippen molar-refractivity contribution in [3.05, 3.63) is 42.2 Å². The Hall–Kier alpha value is -2.63. The van der Waals surface area contributed by atoms with E-state index in [-0.39, 0.29) is 5.91 Å². The first-order valence-corrected chi connectivity index (χ1v) is 9.44. The lowest BCUT2D eigenvalue weighted by Gasteiger charge is -2.28. The Morgan fingerprint density at radius 3 is 2.23 bits per heavy atom. The highest BCUT2D eigenvalue weighted by molar-refractivity contribution is 6.03. The molecule has 1 fully saturated rings. The van der Waals surface area contributed by atoms with Crippen LogP contribution in [0.25, 0.3) is 0 Å². The minimum Gasteiger partial charge on any atom is -0.372 e. The molecule has 0 unspecified atom stereocenters. The minimum atomic E-state index is -0.193. The van der Waals surface area contributed by atoms with E-state index in [4.69, 9.17) is 0 Å². The number of carbonyl (C=O) groups excluding carboxylic acids is 1. The van der Waals surface area contributed by atoms with Crippen LogP contribution in [-0.2, 0) is 0 Å². The number of aromatic nitrogens is 2. The molecule has 1 aromatic heterocycles. The molecule has 6 nitrogen and oxygen atoms in total. The van der Waals surface area contributed by atoms with Gasteiger partial charge < -0.3 is 15.1 Å². The van der Waals surface area contributed by atoms with Gasteiger partial charge >= 0.3 is 0 Å². The van der Waals surface area contributed by atoms with Gasteiger partial charge in [0.25, 0.3) is 5.91 Å². The molecule has 0 radical (unpaired) electrons. The summed E-state index contributed by atoms with van der Waals surface area (Å²) in [7, 11) is 0. The van der Waals surface area contributed by atoms with E-state index in [1.807, 2.05) is 17.0 Å². The fraction of sp³-hybridized carbons (Fsp3) is 0.450. The monoisotopic (exact) mass is 353 g/mol. The van der Waals surface area contributed by atoms with Crippen LogP contribution >= 0.6 is 0 Å². The molecule has 0 saturated carbocycles. The molecule has 0 atom stereocenters. The van der Waals surface area contributed by atoms with Crippen molar-refractivity contribution in [3.8, 4) is 0 Å². The zero-order valence-electron chi connectivity index (χ0n) is 15.6. The van der Waals surface area contributed by atoms with Crippen LogP contribution in [0, 0.1) is 0 Å². The molecule has 6 heteroatoms. The van der Waals surface area contributed by atoms with Gasteiger partial charge in [0.05, 0.1) is 5.56 Å². The molecule has 0 spiro atoms. The Kier molecular flexibility index (Phi) is 6.04. The van der Waals surface area contributed by atoms with Crippen molar-refractivity contribution in [2.75, 3.05) is 41.3 Å². The van der Waals surface area contributed by atoms with Crippen LogP contribution < -0.4 is 15.1 Å². The molecular formula is C20H27N5O. The maximum absolute atomic E-state index is 12.4. The number of amides is 1. The molecule has 2 aromatic rings. The van der Waals surface area contributed by atoms with Crippen LogP contribution in [0.5, 0.6) is 0 Å². The molecule has 1 aromatic carbocycles. The number of anilines is 3. The van der Waals surface area contributed by atoms with E-state index in [1.54, 1.807) is 12.4 Å². The first kappa shape index (κ1) is 18.2. The highest BCUT2D eigenvalue weighted by Gasteiger charge is 2.12. The van der Waals surface area contributed by atoms with E-state index in [0.29, 0.717) is 11.5 Å². The first-order valence-electron chi connectivity index (χ1n) is 9.44. The third-order valence-electron chi connectivity index (χ3n) is 4.79. The maximum atomic E-state index is 12.4. The second kappa shape index (κ2) is 8.65. The van der Waals surface area contributed by atoms with Gasteiger partial charge in [-0.25, -0.2) is 9.97 Å². The lowest BCUT2D eigenvalue weighted by Crippen LogP contribution is -2.29. The van der Waals surface area contributed by atoms with Crippen LogP contribution in [0.15, 0.2) is 36.7 Å². The highest BCUT2D eigenvalue weighted by Crippen LogP contribution is 2.22. The molecule has 26 heavy (non-hydrogen) atoms. The van der Waals surface area contributed by atoms with Crippen molar-refractivity contribution >= 4 is 23.2 Å². The summed E-state index contributed by atoms with van der Waals surface area (Å²) < 4.78 is 0. The lowest BCUT2D eigenvalue weighted by atomic mass is 10.1. The summed E-state index contributed by atoms with van der Waals surface area (Å²) in [5, 5.41) is 2.91. The summed E-state index contributed by atoms with van der Waals surface area (Å²) in [5.74, 6) is 0.458. The van der Waals surface area contributed by atoms with E-state index in [1.165, 1.54) is 24.9 Å². The van der Waals surface area contributed by atoms with Crippen molar-refractivity contribution < 1.29 is 4.79 Å². The van der Waals surface area contributed by atoms with E-state index < -0.39 is 0 Å². The number of hydrogen-bond donors (Lipinski definition) is 1. The summed E-state index contributed by atoms with van der Waals surface area (Å²) in [6.07, 6.45) is 6.99. The fourth-order valence-corrected chi connectivity index (χ4v) is 3.22. The van der Waals surface area contributed by atoms with Crippen molar-refractivity contribution in [3.63, 3.8) is 0 Å². The number of benzene rings is 1. The number of hydrogen-bond acceptors (Lipinski definition) is 5. The molecule has 2 heterocycles. The molecule has 1 aliphatic rings. The first-order chi connectivity index (χ1) is 12.7. The van der Waals surface area contributed by atoms with Gasteiger partial charge in [0, 0.05) is 49.9 Å². The van der Waals surface area contributed by atoms with Gasteiger partial charge in [-0.2, -0.15) is 0 Å². The average Bonchev–Trinajstić information content (AvgIpc) is 2.71. The van der Waals surface area contributed by atoms with Crippen molar-refractivity contribution in [1.82, 2.24) is 9.97 Å². The van der Waals surface area contributed by atoms with Gasteiger partial charge in [-0.15, -0.1) is 0 Å². The Bertz CT molecular complexity index is 704. The van der Waals surface area contributed by atoms with Crippen molar-refractivity contribution in [1.29, 1.82) is 0 Å². The average molecular weight is 353 g/mol. The summed E-state index contributed by atoms with van der Waals surface area (Å²) in [5.41, 5.74) is 2.46. The SMILES string of the molecule is CCN(CC)c1ncc(C(=O)Nc2ccc(N3CCCCC3)cc2)cn1. The molecular weight excluding hydrogens is 326 g/mol. The third kappa shape index (κ3) is 4.31. The Labute approximate surface area is 155 Å².